The van der Waals surface area contributed by atoms with Crippen molar-refractivity contribution in [3.63, 3.8) is 0 Å². The summed E-state index contributed by atoms with van der Waals surface area (Å²) in [7, 11) is 4.56. The molecule has 3 rings (SSSR count). The van der Waals surface area contributed by atoms with Crippen molar-refractivity contribution in [1.82, 2.24) is 10.2 Å². The highest BCUT2D eigenvalue weighted by molar-refractivity contribution is 5.58. The molecule has 0 aromatic heterocycles. The minimum absolute atomic E-state index is 0.419. The van der Waals surface area contributed by atoms with E-state index in [2.05, 4.69) is 10.2 Å². The lowest BCUT2D eigenvalue weighted by molar-refractivity contribution is -0.137. The Morgan fingerprint density at radius 3 is 2.37 bits per heavy atom. The van der Waals surface area contributed by atoms with Crippen LogP contribution in [0.25, 0.3) is 0 Å². The lowest BCUT2D eigenvalue weighted by Crippen LogP contribution is -2.33. The van der Waals surface area contributed by atoms with E-state index in [-0.39, 0.29) is 0 Å². The Morgan fingerprint density at radius 2 is 1.70 bits per heavy atom. The van der Waals surface area contributed by atoms with Crippen LogP contribution < -0.4 is 19.5 Å². The van der Waals surface area contributed by atoms with Crippen molar-refractivity contribution in [2.45, 2.75) is 18.6 Å². The molecular weight excluding hydrogens is 397 g/mol. The molecule has 1 N–H and O–H groups in total. The average Bonchev–Trinajstić information content (AvgIpc) is 3.02. The van der Waals surface area contributed by atoms with Crippen molar-refractivity contribution >= 4 is 0 Å². The van der Waals surface area contributed by atoms with Crippen molar-refractivity contribution < 1.29 is 27.4 Å². The van der Waals surface area contributed by atoms with Crippen molar-refractivity contribution in [1.29, 1.82) is 0 Å². The number of alkyl halides is 3. The smallest absolute Gasteiger partial charge is 0.416 e. The molecule has 0 spiro atoms. The molecule has 1 heterocycles. The van der Waals surface area contributed by atoms with Gasteiger partial charge in [0.2, 0.25) is 5.75 Å². The third kappa shape index (κ3) is 4.65. The van der Waals surface area contributed by atoms with E-state index >= 15 is 0 Å². The van der Waals surface area contributed by atoms with Gasteiger partial charge in [-0.3, -0.25) is 4.90 Å². The number of ether oxygens (including phenoxy) is 3. The Bertz CT molecular complexity index is 850. The van der Waals surface area contributed by atoms with Crippen LogP contribution in [0.5, 0.6) is 17.2 Å². The maximum Gasteiger partial charge on any atom is 0.416 e. The lowest BCUT2D eigenvalue weighted by atomic mass is 9.93. The predicted molar refractivity (Wildman–Crippen MR) is 108 cm³/mol. The molecule has 5 nitrogen and oxygen atoms in total. The summed E-state index contributed by atoms with van der Waals surface area (Å²) in [6.45, 7) is 3.06. The molecule has 1 saturated heterocycles. The lowest BCUT2D eigenvalue weighted by Gasteiger charge is -2.33. The monoisotopic (exact) mass is 424 g/mol. The van der Waals surface area contributed by atoms with Gasteiger partial charge in [0.05, 0.1) is 32.9 Å². The molecule has 30 heavy (non-hydrogen) atoms. The fourth-order valence-electron chi connectivity index (χ4n) is 3.94. The maximum absolute atomic E-state index is 13.4. The predicted octanol–water partition coefficient (Wildman–Crippen LogP) is 4.12. The number of nitrogens with zero attached hydrogens (tertiary/aromatic N) is 1. The highest BCUT2D eigenvalue weighted by Crippen LogP contribution is 2.45. The summed E-state index contributed by atoms with van der Waals surface area (Å²) in [5, 5.41) is 3.34. The van der Waals surface area contributed by atoms with E-state index in [1.54, 1.807) is 12.1 Å². The number of nitrogens with one attached hydrogen (secondary N) is 1. The third-order valence-corrected chi connectivity index (χ3v) is 5.30. The summed E-state index contributed by atoms with van der Waals surface area (Å²) in [6.07, 6.45) is -3.52. The number of hydrogen-bond donors (Lipinski definition) is 1. The standard InChI is InChI=1S/C22H27F3N2O3/c1-28-18-9-8-17(20(29-2)21(18)30-3)19(27-12-5-10-26-11-13-27)15-6-4-7-16(14-15)22(23,24)25/h4,6-9,14,19,26H,5,10-13H2,1-3H3. The van der Waals surface area contributed by atoms with Crippen LogP contribution in [0, 0.1) is 0 Å². The van der Waals surface area contributed by atoms with E-state index in [0.29, 0.717) is 29.4 Å². The van der Waals surface area contributed by atoms with Crippen LogP contribution in [0.15, 0.2) is 36.4 Å². The van der Waals surface area contributed by atoms with Crippen molar-refractivity contribution in [2.24, 2.45) is 0 Å². The zero-order valence-corrected chi connectivity index (χ0v) is 17.4. The van der Waals surface area contributed by atoms with Gasteiger partial charge in [-0.05, 0) is 42.8 Å². The zero-order valence-electron chi connectivity index (χ0n) is 17.4. The molecule has 0 radical (unpaired) electrons. The van der Waals surface area contributed by atoms with Gasteiger partial charge < -0.3 is 19.5 Å². The van der Waals surface area contributed by atoms with Crippen LogP contribution in [0.1, 0.15) is 29.2 Å². The van der Waals surface area contributed by atoms with Crippen molar-refractivity contribution in [3.05, 3.63) is 53.1 Å². The molecule has 0 amide bonds. The van der Waals surface area contributed by atoms with E-state index in [9.17, 15) is 13.2 Å². The summed E-state index contributed by atoms with van der Waals surface area (Å²) < 4.78 is 56.8. The number of methoxy groups -OCH3 is 3. The molecule has 2 aromatic rings. The summed E-state index contributed by atoms with van der Waals surface area (Å²) in [5.74, 6) is 1.37. The van der Waals surface area contributed by atoms with Crippen molar-refractivity contribution in [2.75, 3.05) is 47.5 Å². The summed E-state index contributed by atoms with van der Waals surface area (Å²) >= 11 is 0. The first-order valence-electron chi connectivity index (χ1n) is 9.81. The third-order valence-electron chi connectivity index (χ3n) is 5.30. The van der Waals surface area contributed by atoms with Crippen LogP contribution in [0.2, 0.25) is 0 Å². The van der Waals surface area contributed by atoms with Gasteiger partial charge in [0.1, 0.15) is 0 Å². The maximum atomic E-state index is 13.4. The molecule has 1 aliphatic heterocycles. The van der Waals surface area contributed by atoms with Crippen LogP contribution in [0.4, 0.5) is 13.2 Å². The largest absolute Gasteiger partial charge is 0.493 e. The van der Waals surface area contributed by atoms with Crippen LogP contribution in [-0.4, -0.2) is 52.4 Å². The molecule has 2 aromatic carbocycles. The van der Waals surface area contributed by atoms with Gasteiger partial charge in [-0.25, -0.2) is 0 Å². The van der Waals surface area contributed by atoms with Gasteiger partial charge in [-0.15, -0.1) is 0 Å². The van der Waals surface area contributed by atoms with Gasteiger partial charge in [0.15, 0.2) is 11.5 Å². The highest BCUT2D eigenvalue weighted by atomic mass is 19.4. The molecular formula is C22H27F3N2O3. The first kappa shape index (κ1) is 22.2. The second-order valence-corrected chi connectivity index (χ2v) is 7.09. The van der Waals surface area contributed by atoms with Gasteiger partial charge >= 0.3 is 6.18 Å². The quantitative estimate of drug-likeness (QED) is 0.756. The normalized spacial score (nSPS) is 16.6. The molecule has 8 heteroatoms. The van der Waals surface area contributed by atoms with Gasteiger partial charge in [0, 0.05) is 25.2 Å². The Kier molecular flexibility index (Phi) is 7.10. The zero-order chi connectivity index (χ0) is 21.7. The first-order chi connectivity index (χ1) is 14.4. The molecule has 1 aliphatic rings. The molecule has 1 fully saturated rings. The SMILES string of the molecule is COc1ccc(C(c2cccc(C(F)(F)F)c2)N2CCCNCC2)c(OC)c1OC. The Morgan fingerprint density at radius 1 is 0.933 bits per heavy atom. The number of hydrogen-bond acceptors (Lipinski definition) is 5. The van der Waals surface area contributed by atoms with E-state index in [1.165, 1.54) is 33.5 Å². The minimum Gasteiger partial charge on any atom is -0.493 e. The summed E-state index contributed by atoms with van der Waals surface area (Å²) in [6, 6.07) is 8.66. The Hall–Kier alpha value is -2.45. The van der Waals surface area contributed by atoms with Crippen molar-refractivity contribution in [3.8, 4) is 17.2 Å². The average molecular weight is 424 g/mol. The molecule has 0 saturated carbocycles. The summed E-state index contributed by atoms with van der Waals surface area (Å²) in [5.41, 5.74) is 0.617. The molecule has 1 unspecified atom stereocenters. The Balaban J connectivity index is 2.18. The highest BCUT2D eigenvalue weighted by Gasteiger charge is 2.33. The van der Waals surface area contributed by atoms with Gasteiger partial charge in [0.25, 0.3) is 0 Å². The summed E-state index contributed by atoms with van der Waals surface area (Å²) in [4.78, 5) is 2.18. The number of halogens is 3. The second kappa shape index (κ2) is 9.57. The van der Waals surface area contributed by atoms with Crippen LogP contribution in [0.3, 0.4) is 0 Å². The molecule has 0 bridgehead atoms. The topological polar surface area (TPSA) is 43.0 Å². The van der Waals surface area contributed by atoms with E-state index in [1.807, 2.05) is 6.07 Å². The first-order valence-corrected chi connectivity index (χ1v) is 9.81. The molecule has 164 valence electrons. The Labute approximate surface area is 174 Å². The number of rotatable bonds is 6. The van der Waals surface area contributed by atoms with E-state index < -0.39 is 17.8 Å². The number of benzene rings is 2. The van der Waals surface area contributed by atoms with E-state index in [0.717, 1.165) is 37.7 Å². The van der Waals surface area contributed by atoms with Gasteiger partial charge in [-0.2, -0.15) is 13.2 Å². The van der Waals surface area contributed by atoms with Crippen LogP contribution >= 0.6 is 0 Å². The van der Waals surface area contributed by atoms with Gasteiger partial charge in [-0.1, -0.05) is 12.1 Å². The second-order valence-electron chi connectivity index (χ2n) is 7.09. The van der Waals surface area contributed by atoms with Crippen LogP contribution in [-0.2, 0) is 6.18 Å². The molecule has 1 atom stereocenters. The fourth-order valence-corrected chi connectivity index (χ4v) is 3.94. The molecule has 0 aliphatic carbocycles. The fraction of sp³-hybridized carbons (Fsp3) is 0.455. The van der Waals surface area contributed by atoms with E-state index in [4.69, 9.17) is 14.2 Å². The minimum atomic E-state index is -4.41.